The van der Waals surface area contributed by atoms with Crippen molar-refractivity contribution in [3.05, 3.63) is 77.1 Å². The molecule has 7 heteroatoms. The van der Waals surface area contributed by atoms with Crippen molar-refractivity contribution >= 4 is 10.8 Å². The van der Waals surface area contributed by atoms with Crippen LogP contribution in [0.4, 0.5) is 4.39 Å². The zero-order valence-electron chi connectivity index (χ0n) is 17.7. The minimum absolute atomic E-state index is 0.0751. The third kappa shape index (κ3) is 3.86. The van der Waals surface area contributed by atoms with Gasteiger partial charge in [-0.2, -0.15) is 0 Å². The Morgan fingerprint density at radius 1 is 1.16 bits per heavy atom. The molecule has 164 valence electrons. The lowest BCUT2D eigenvalue weighted by atomic mass is 10.1. The number of rotatable bonds is 6. The Morgan fingerprint density at radius 2 is 2.00 bits per heavy atom. The number of halogens is 1. The molecule has 0 atom stereocenters. The van der Waals surface area contributed by atoms with Crippen LogP contribution in [0.2, 0.25) is 0 Å². The Kier molecular flexibility index (Phi) is 5.39. The van der Waals surface area contributed by atoms with Crippen LogP contribution in [-0.2, 0) is 6.54 Å². The van der Waals surface area contributed by atoms with Crippen LogP contribution in [0.25, 0.3) is 21.9 Å². The Morgan fingerprint density at radius 3 is 2.81 bits per heavy atom. The van der Waals surface area contributed by atoms with Crippen LogP contribution in [0, 0.1) is 5.82 Å². The molecule has 0 N–H and O–H groups in total. The van der Waals surface area contributed by atoms with Crippen molar-refractivity contribution in [2.24, 2.45) is 0 Å². The van der Waals surface area contributed by atoms with E-state index in [1.165, 1.54) is 35.9 Å². The number of fused-ring (bicyclic) bond motifs is 1. The predicted molar refractivity (Wildman–Crippen MR) is 119 cm³/mol. The van der Waals surface area contributed by atoms with Crippen LogP contribution < -0.4 is 15.2 Å². The average molecular weight is 434 g/mol. The van der Waals surface area contributed by atoms with Crippen molar-refractivity contribution in [2.75, 3.05) is 7.11 Å². The molecule has 1 aliphatic rings. The first-order valence-electron chi connectivity index (χ1n) is 10.7. The highest BCUT2D eigenvalue weighted by Gasteiger charge is 2.19. The lowest BCUT2D eigenvalue weighted by Gasteiger charge is -2.17. The van der Waals surface area contributed by atoms with Crippen molar-refractivity contribution in [1.82, 2.24) is 9.55 Å². The second-order valence-corrected chi connectivity index (χ2v) is 8.01. The standard InChI is InChI=1S/C25H23FN2O4/c1-30-21-10-9-16(11-22(21)32-19-6-2-3-7-19)18-12-27-25(29)28(13-18)14-23-24-17(15-31-23)5-4-8-20(24)26/h4-5,8-13,15,19H,2-3,6-7,14H2,1H3. The van der Waals surface area contributed by atoms with E-state index in [1.807, 2.05) is 18.2 Å². The molecule has 2 heterocycles. The lowest BCUT2D eigenvalue weighted by Crippen LogP contribution is -2.22. The second kappa shape index (κ2) is 8.49. The summed E-state index contributed by atoms with van der Waals surface area (Å²) in [6, 6.07) is 10.4. The largest absolute Gasteiger partial charge is 0.493 e. The predicted octanol–water partition coefficient (Wildman–Crippen LogP) is 5.17. The van der Waals surface area contributed by atoms with E-state index < -0.39 is 5.69 Å². The highest BCUT2D eigenvalue weighted by molar-refractivity contribution is 5.84. The highest BCUT2D eigenvalue weighted by Crippen LogP contribution is 2.35. The van der Waals surface area contributed by atoms with E-state index >= 15 is 0 Å². The van der Waals surface area contributed by atoms with Crippen molar-refractivity contribution in [1.29, 1.82) is 0 Å². The summed E-state index contributed by atoms with van der Waals surface area (Å²) in [6.45, 7) is 0.0751. The van der Waals surface area contributed by atoms with Crippen molar-refractivity contribution in [3.8, 4) is 22.6 Å². The summed E-state index contributed by atoms with van der Waals surface area (Å²) >= 11 is 0. The fourth-order valence-electron chi connectivity index (χ4n) is 4.25. The van der Waals surface area contributed by atoms with E-state index in [-0.39, 0.29) is 18.5 Å². The fourth-order valence-corrected chi connectivity index (χ4v) is 4.25. The Hall–Kier alpha value is -3.61. The van der Waals surface area contributed by atoms with Crippen molar-refractivity contribution in [3.63, 3.8) is 0 Å². The molecule has 6 nitrogen and oxygen atoms in total. The number of hydrogen-bond donors (Lipinski definition) is 0. The van der Waals surface area contributed by atoms with E-state index in [0.29, 0.717) is 28.0 Å². The van der Waals surface area contributed by atoms with Gasteiger partial charge in [-0.1, -0.05) is 18.2 Å². The topological polar surface area (TPSA) is 66.5 Å². The first kappa shape index (κ1) is 20.3. The first-order chi connectivity index (χ1) is 15.6. The van der Waals surface area contributed by atoms with Gasteiger partial charge in [-0.3, -0.25) is 4.57 Å². The molecule has 2 aromatic carbocycles. The number of benzene rings is 2. The smallest absolute Gasteiger partial charge is 0.347 e. The van der Waals surface area contributed by atoms with Gasteiger partial charge in [0.05, 0.1) is 31.4 Å². The summed E-state index contributed by atoms with van der Waals surface area (Å²) in [4.78, 5) is 16.4. The molecule has 32 heavy (non-hydrogen) atoms. The molecule has 1 aliphatic carbocycles. The molecule has 0 saturated heterocycles. The Balaban J connectivity index is 1.48. The summed E-state index contributed by atoms with van der Waals surface area (Å²) in [7, 11) is 1.62. The zero-order valence-corrected chi connectivity index (χ0v) is 17.7. The number of ether oxygens (including phenoxy) is 2. The third-order valence-corrected chi connectivity index (χ3v) is 5.91. The molecule has 4 aromatic rings. The first-order valence-corrected chi connectivity index (χ1v) is 10.7. The van der Waals surface area contributed by atoms with E-state index in [0.717, 1.165) is 24.0 Å². The molecule has 5 rings (SSSR count). The molecule has 0 bridgehead atoms. The summed E-state index contributed by atoms with van der Waals surface area (Å²) in [5.74, 6) is 1.33. The average Bonchev–Trinajstić information content (AvgIpc) is 3.46. The maximum absolute atomic E-state index is 14.3. The minimum atomic E-state index is -0.439. The molecule has 0 aliphatic heterocycles. The molecular weight excluding hydrogens is 411 g/mol. The van der Waals surface area contributed by atoms with Gasteiger partial charge in [0.15, 0.2) is 11.5 Å². The van der Waals surface area contributed by atoms with Gasteiger partial charge in [0, 0.05) is 23.3 Å². The Labute approximate surface area is 184 Å². The van der Waals surface area contributed by atoms with Gasteiger partial charge in [-0.25, -0.2) is 14.2 Å². The van der Waals surface area contributed by atoms with Gasteiger partial charge in [0.25, 0.3) is 0 Å². The van der Waals surface area contributed by atoms with Crippen LogP contribution in [0.15, 0.2) is 64.3 Å². The zero-order chi connectivity index (χ0) is 22.1. The molecule has 0 spiro atoms. The van der Waals surface area contributed by atoms with Gasteiger partial charge >= 0.3 is 5.69 Å². The van der Waals surface area contributed by atoms with Crippen LogP contribution >= 0.6 is 0 Å². The molecule has 0 unspecified atom stereocenters. The van der Waals surface area contributed by atoms with Crippen LogP contribution in [0.5, 0.6) is 11.5 Å². The van der Waals surface area contributed by atoms with Gasteiger partial charge in [-0.15, -0.1) is 0 Å². The second-order valence-electron chi connectivity index (χ2n) is 8.01. The maximum atomic E-state index is 14.3. The summed E-state index contributed by atoms with van der Waals surface area (Å²) in [5, 5.41) is 1.03. The molecule has 1 saturated carbocycles. The van der Waals surface area contributed by atoms with Gasteiger partial charge < -0.3 is 13.9 Å². The normalized spacial score (nSPS) is 14.2. The fraction of sp³-hybridized carbons (Fsp3) is 0.280. The number of hydrogen-bond acceptors (Lipinski definition) is 5. The summed E-state index contributed by atoms with van der Waals surface area (Å²) < 4.78 is 33.0. The number of furan rings is 1. The maximum Gasteiger partial charge on any atom is 0.347 e. The number of nitrogens with zero attached hydrogens (tertiary/aromatic N) is 2. The van der Waals surface area contributed by atoms with E-state index in [9.17, 15) is 9.18 Å². The van der Waals surface area contributed by atoms with Crippen LogP contribution in [-0.4, -0.2) is 22.8 Å². The highest BCUT2D eigenvalue weighted by atomic mass is 19.1. The quantitative estimate of drug-likeness (QED) is 0.419. The number of methoxy groups -OCH3 is 1. The summed E-state index contributed by atoms with van der Waals surface area (Å²) in [6.07, 6.45) is 9.32. The lowest BCUT2D eigenvalue weighted by molar-refractivity contribution is 0.201. The SMILES string of the molecule is COc1ccc(-c2cnc(=O)n(Cc3occ4cccc(F)c34)c2)cc1OC1CCCC1. The van der Waals surface area contributed by atoms with Crippen LogP contribution in [0.3, 0.4) is 0 Å². The number of aromatic nitrogens is 2. The van der Waals surface area contributed by atoms with Gasteiger partial charge in [0.1, 0.15) is 11.6 Å². The van der Waals surface area contributed by atoms with Gasteiger partial charge in [0.2, 0.25) is 0 Å². The minimum Gasteiger partial charge on any atom is -0.493 e. The van der Waals surface area contributed by atoms with E-state index in [2.05, 4.69) is 4.98 Å². The Bertz CT molecular complexity index is 1320. The molecule has 0 radical (unpaired) electrons. The third-order valence-electron chi connectivity index (χ3n) is 5.91. The van der Waals surface area contributed by atoms with E-state index in [1.54, 1.807) is 25.4 Å². The molecule has 2 aromatic heterocycles. The molecular formula is C25H23FN2O4. The van der Waals surface area contributed by atoms with E-state index in [4.69, 9.17) is 13.9 Å². The van der Waals surface area contributed by atoms with Crippen LogP contribution in [0.1, 0.15) is 31.4 Å². The molecule has 1 fully saturated rings. The molecule has 0 amide bonds. The van der Waals surface area contributed by atoms with Crippen molar-refractivity contribution < 1.29 is 18.3 Å². The van der Waals surface area contributed by atoms with Crippen molar-refractivity contribution in [2.45, 2.75) is 38.3 Å². The summed E-state index contributed by atoms with van der Waals surface area (Å²) in [5.41, 5.74) is 1.14. The van der Waals surface area contributed by atoms with Gasteiger partial charge in [-0.05, 0) is 49.4 Å². The monoisotopic (exact) mass is 434 g/mol.